The normalized spacial score (nSPS) is 11.9. The zero-order valence-corrected chi connectivity index (χ0v) is 11.9. The summed E-state index contributed by atoms with van der Waals surface area (Å²) in [5, 5.41) is 1.68. The first kappa shape index (κ1) is 12.7. The summed E-state index contributed by atoms with van der Waals surface area (Å²) in [6.45, 7) is 0. The van der Waals surface area contributed by atoms with E-state index in [9.17, 15) is 4.57 Å². The van der Waals surface area contributed by atoms with Gasteiger partial charge in [-0.2, -0.15) is 0 Å². The van der Waals surface area contributed by atoms with Crippen LogP contribution in [-0.2, 0) is 13.6 Å². The van der Waals surface area contributed by atoms with Crippen LogP contribution in [0.15, 0.2) is 34.9 Å². The van der Waals surface area contributed by atoms with Gasteiger partial charge in [-0.3, -0.25) is 4.57 Å². The molecule has 0 N–H and O–H groups in total. The van der Waals surface area contributed by atoms with Crippen LogP contribution in [-0.4, -0.2) is 19.2 Å². The molecule has 0 fully saturated rings. The Hall–Kier alpha value is -0.740. The van der Waals surface area contributed by atoms with Crippen LogP contribution in [0, 0.1) is 0 Å². The predicted octanol–water partition coefficient (Wildman–Crippen LogP) is 3.11. The van der Waals surface area contributed by atoms with Gasteiger partial charge in [-0.25, -0.2) is 4.98 Å². The smallest absolute Gasteiger partial charge is 0.307 e. The third kappa shape index (κ3) is 2.16. The summed E-state index contributed by atoms with van der Waals surface area (Å²) in [6.07, 6.45) is 1.60. The lowest BCUT2D eigenvalue weighted by Crippen LogP contribution is -2.13. The first-order valence-corrected chi connectivity index (χ1v) is 7.21. The molecule has 90 valence electrons. The molecule has 0 aliphatic rings. The molecule has 0 saturated carbocycles. The van der Waals surface area contributed by atoms with Gasteiger partial charge in [-0.05, 0) is 21.3 Å². The molecule has 1 heterocycles. The number of fused-ring (bicyclic) bond motifs is 1. The Labute approximate surface area is 108 Å². The predicted molar refractivity (Wildman–Crippen MR) is 70.7 cm³/mol. The summed E-state index contributed by atoms with van der Waals surface area (Å²) in [5.41, 5.74) is 0.335. The van der Waals surface area contributed by atoms with Crippen molar-refractivity contribution in [1.82, 2.24) is 4.98 Å². The van der Waals surface area contributed by atoms with E-state index in [1.165, 1.54) is 14.2 Å². The quantitative estimate of drug-likeness (QED) is 0.817. The van der Waals surface area contributed by atoms with Crippen molar-refractivity contribution in [3.63, 3.8) is 0 Å². The highest BCUT2D eigenvalue weighted by molar-refractivity contribution is 9.10. The minimum absolute atomic E-state index is 0.335. The van der Waals surface area contributed by atoms with Crippen LogP contribution < -0.4 is 5.44 Å². The highest BCUT2D eigenvalue weighted by Gasteiger charge is 2.28. The number of pyridine rings is 1. The molecule has 0 aliphatic carbocycles. The van der Waals surface area contributed by atoms with E-state index in [4.69, 9.17) is 9.05 Å². The Bertz CT molecular complexity index is 594. The Morgan fingerprint density at radius 3 is 2.35 bits per heavy atom. The van der Waals surface area contributed by atoms with Crippen LogP contribution >= 0.6 is 23.5 Å². The summed E-state index contributed by atoms with van der Waals surface area (Å²) >= 11 is 3.41. The van der Waals surface area contributed by atoms with Crippen molar-refractivity contribution in [1.29, 1.82) is 0 Å². The lowest BCUT2D eigenvalue weighted by atomic mass is 10.2. The van der Waals surface area contributed by atoms with E-state index in [1.807, 2.05) is 24.3 Å². The van der Waals surface area contributed by atoms with Crippen molar-refractivity contribution in [2.75, 3.05) is 14.2 Å². The molecule has 2 rings (SSSR count). The molecule has 4 nitrogen and oxygen atoms in total. The van der Waals surface area contributed by atoms with E-state index in [0.29, 0.717) is 5.44 Å². The number of benzene rings is 1. The second-order valence-corrected chi connectivity index (χ2v) is 6.34. The van der Waals surface area contributed by atoms with Crippen LogP contribution in [0.5, 0.6) is 0 Å². The third-order valence-corrected chi connectivity index (χ3v) is 4.93. The van der Waals surface area contributed by atoms with Crippen molar-refractivity contribution in [2.45, 2.75) is 0 Å². The Morgan fingerprint density at radius 2 is 1.76 bits per heavy atom. The summed E-state index contributed by atoms with van der Waals surface area (Å²) in [5.74, 6) is 0. The largest absolute Gasteiger partial charge is 0.379 e. The second kappa shape index (κ2) is 4.86. The van der Waals surface area contributed by atoms with E-state index < -0.39 is 7.60 Å². The lowest BCUT2D eigenvalue weighted by molar-refractivity contribution is 0.287. The molecule has 0 unspecified atom stereocenters. The molecule has 0 saturated heterocycles. The second-order valence-electron chi connectivity index (χ2n) is 3.34. The molecule has 6 heteroatoms. The molecule has 1 aromatic carbocycles. The van der Waals surface area contributed by atoms with Gasteiger partial charge in [0, 0.05) is 30.3 Å². The van der Waals surface area contributed by atoms with Gasteiger partial charge in [0.15, 0.2) is 5.44 Å². The highest BCUT2D eigenvalue weighted by Crippen LogP contribution is 2.46. The van der Waals surface area contributed by atoms with Crippen molar-refractivity contribution in [2.24, 2.45) is 0 Å². The van der Waals surface area contributed by atoms with Crippen LogP contribution in [0.4, 0.5) is 0 Å². The van der Waals surface area contributed by atoms with Crippen molar-refractivity contribution >= 4 is 39.7 Å². The van der Waals surface area contributed by atoms with Gasteiger partial charge in [-0.15, -0.1) is 0 Å². The molecule has 0 radical (unpaired) electrons. The fourth-order valence-electron chi connectivity index (χ4n) is 1.61. The van der Waals surface area contributed by atoms with Gasteiger partial charge < -0.3 is 9.05 Å². The van der Waals surface area contributed by atoms with Gasteiger partial charge in [0.25, 0.3) is 0 Å². The topological polar surface area (TPSA) is 48.4 Å². The van der Waals surface area contributed by atoms with Crippen molar-refractivity contribution in [3.8, 4) is 0 Å². The molecular formula is C11H11BrNO3P. The van der Waals surface area contributed by atoms with Gasteiger partial charge in [0.2, 0.25) is 0 Å². The van der Waals surface area contributed by atoms with E-state index in [-0.39, 0.29) is 0 Å². The summed E-state index contributed by atoms with van der Waals surface area (Å²) in [4.78, 5) is 4.16. The number of nitrogens with zero attached hydrogens (tertiary/aromatic N) is 1. The van der Waals surface area contributed by atoms with E-state index in [2.05, 4.69) is 20.9 Å². The number of halogens is 1. The maximum Gasteiger partial charge on any atom is 0.379 e. The molecule has 0 bridgehead atoms. The molecule has 2 aromatic rings. The molecule has 0 aliphatic heterocycles. The van der Waals surface area contributed by atoms with Crippen LogP contribution in [0.2, 0.25) is 0 Å². The van der Waals surface area contributed by atoms with Gasteiger partial charge in [0.1, 0.15) is 0 Å². The SMILES string of the molecule is COP(=O)(OC)c1ncc(Br)c2ccccc12. The van der Waals surface area contributed by atoms with Crippen molar-refractivity contribution in [3.05, 3.63) is 34.9 Å². The average molecular weight is 316 g/mol. The van der Waals surface area contributed by atoms with Crippen LogP contribution in [0.1, 0.15) is 0 Å². The van der Waals surface area contributed by atoms with Crippen LogP contribution in [0.3, 0.4) is 0 Å². The number of hydrogen-bond donors (Lipinski definition) is 0. The number of rotatable bonds is 3. The molecule has 0 amide bonds. The zero-order valence-electron chi connectivity index (χ0n) is 9.38. The molecule has 17 heavy (non-hydrogen) atoms. The molecule has 1 aromatic heterocycles. The highest BCUT2D eigenvalue weighted by atomic mass is 79.9. The Balaban J connectivity index is 2.80. The average Bonchev–Trinajstić information content (AvgIpc) is 2.39. The van der Waals surface area contributed by atoms with E-state index in [1.54, 1.807) is 6.20 Å². The monoisotopic (exact) mass is 315 g/mol. The van der Waals surface area contributed by atoms with E-state index >= 15 is 0 Å². The van der Waals surface area contributed by atoms with Crippen LogP contribution in [0.25, 0.3) is 10.8 Å². The standard InChI is InChI=1S/C11H11BrNO3P/c1-15-17(14,16-2)11-9-6-4-3-5-8(9)10(12)7-13-11/h3-7H,1-2H3. The minimum atomic E-state index is -3.33. The van der Waals surface area contributed by atoms with Crippen molar-refractivity contribution < 1.29 is 13.6 Å². The third-order valence-electron chi connectivity index (χ3n) is 2.47. The van der Waals surface area contributed by atoms with Gasteiger partial charge in [-0.1, -0.05) is 24.3 Å². The lowest BCUT2D eigenvalue weighted by Gasteiger charge is -2.15. The fraction of sp³-hybridized carbons (Fsp3) is 0.182. The fourth-order valence-corrected chi connectivity index (χ4v) is 3.24. The summed E-state index contributed by atoms with van der Waals surface area (Å²) in [6, 6.07) is 7.52. The number of aromatic nitrogens is 1. The Morgan fingerprint density at radius 1 is 1.18 bits per heavy atom. The maximum atomic E-state index is 12.4. The Kier molecular flexibility index (Phi) is 3.64. The molecular weight excluding hydrogens is 305 g/mol. The summed E-state index contributed by atoms with van der Waals surface area (Å²) in [7, 11) is -0.631. The molecule has 0 spiro atoms. The van der Waals surface area contributed by atoms with Gasteiger partial charge >= 0.3 is 7.60 Å². The number of hydrogen-bond acceptors (Lipinski definition) is 4. The molecule has 0 atom stereocenters. The maximum absolute atomic E-state index is 12.4. The zero-order chi connectivity index (χ0) is 12.5. The first-order valence-electron chi connectivity index (χ1n) is 4.87. The minimum Gasteiger partial charge on any atom is -0.307 e. The van der Waals surface area contributed by atoms with E-state index in [0.717, 1.165) is 15.2 Å². The first-order chi connectivity index (χ1) is 8.12. The summed E-state index contributed by atoms with van der Waals surface area (Å²) < 4.78 is 23.2. The van der Waals surface area contributed by atoms with Gasteiger partial charge in [0.05, 0.1) is 0 Å².